The van der Waals surface area contributed by atoms with Crippen molar-refractivity contribution in [3.63, 3.8) is 0 Å². The summed E-state index contributed by atoms with van der Waals surface area (Å²) in [6, 6.07) is 7.89. The van der Waals surface area contributed by atoms with Crippen LogP contribution >= 0.6 is 0 Å². The molecule has 1 aromatic carbocycles. The van der Waals surface area contributed by atoms with Gasteiger partial charge in [0.1, 0.15) is 5.69 Å². The van der Waals surface area contributed by atoms with Crippen molar-refractivity contribution in [2.45, 2.75) is 12.3 Å². The van der Waals surface area contributed by atoms with Gasteiger partial charge in [-0.25, -0.2) is 0 Å². The first kappa shape index (κ1) is 11.9. The van der Waals surface area contributed by atoms with Crippen molar-refractivity contribution >= 4 is 5.91 Å². The SMILES string of the molecule is CC1(c2ccc(-c3n[nH]nc3C(N)=O)cc2)COC1. The molecule has 0 unspecified atom stereocenters. The molecule has 1 amide bonds. The normalized spacial score (nSPS) is 16.9. The van der Waals surface area contributed by atoms with E-state index in [4.69, 9.17) is 10.5 Å². The Morgan fingerprint density at radius 2 is 2.00 bits per heavy atom. The third-order valence-corrected chi connectivity index (χ3v) is 3.48. The fourth-order valence-electron chi connectivity index (χ4n) is 2.21. The number of nitrogens with two attached hydrogens (primary N) is 1. The van der Waals surface area contributed by atoms with E-state index in [2.05, 4.69) is 22.3 Å². The van der Waals surface area contributed by atoms with Crippen molar-refractivity contribution in [1.29, 1.82) is 0 Å². The Bertz CT molecular complexity index is 614. The molecule has 0 atom stereocenters. The number of hydrogen-bond donors (Lipinski definition) is 2. The van der Waals surface area contributed by atoms with Crippen LogP contribution in [0.1, 0.15) is 23.0 Å². The molecule has 98 valence electrons. The van der Waals surface area contributed by atoms with Crippen molar-refractivity contribution in [2.24, 2.45) is 5.73 Å². The van der Waals surface area contributed by atoms with Crippen LogP contribution in [0.3, 0.4) is 0 Å². The van der Waals surface area contributed by atoms with Gasteiger partial charge >= 0.3 is 0 Å². The smallest absolute Gasteiger partial charge is 0.271 e. The highest BCUT2D eigenvalue weighted by Crippen LogP contribution is 2.32. The quantitative estimate of drug-likeness (QED) is 0.853. The van der Waals surface area contributed by atoms with E-state index >= 15 is 0 Å². The number of primary amides is 1. The zero-order chi connectivity index (χ0) is 13.5. The summed E-state index contributed by atoms with van der Waals surface area (Å²) in [6.07, 6.45) is 0. The average Bonchev–Trinajstić information content (AvgIpc) is 2.85. The first-order valence-corrected chi connectivity index (χ1v) is 5.99. The Morgan fingerprint density at radius 1 is 1.32 bits per heavy atom. The summed E-state index contributed by atoms with van der Waals surface area (Å²) < 4.78 is 5.26. The summed E-state index contributed by atoms with van der Waals surface area (Å²) in [5.41, 5.74) is 8.01. The number of nitrogens with zero attached hydrogens (tertiary/aromatic N) is 2. The fourth-order valence-corrected chi connectivity index (χ4v) is 2.21. The number of nitrogens with one attached hydrogen (secondary N) is 1. The van der Waals surface area contributed by atoms with E-state index in [-0.39, 0.29) is 11.1 Å². The second-order valence-corrected chi connectivity index (χ2v) is 5.02. The van der Waals surface area contributed by atoms with E-state index in [0.717, 1.165) is 18.8 Å². The summed E-state index contributed by atoms with van der Waals surface area (Å²) in [5, 5.41) is 10.2. The summed E-state index contributed by atoms with van der Waals surface area (Å²) in [6.45, 7) is 3.64. The molecule has 2 heterocycles. The van der Waals surface area contributed by atoms with Crippen LogP contribution in [-0.4, -0.2) is 34.5 Å². The van der Waals surface area contributed by atoms with Crippen LogP contribution in [0.2, 0.25) is 0 Å². The molecule has 2 aromatic rings. The van der Waals surface area contributed by atoms with Crippen LogP contribution in [0.4, 0.5) is 0 Å². The van der Waals surface area contributed by atoms with Gasteiger partial charge in [-0.05, 0) is 5.56 Å². The van der Waals surface area contributed by atoms with Crippen LogP contribution in [-0.2, 0) is 10.2 Å². The zero-order valence-corrected chi connectivity index (χ0v) is 10.5. The lowest BCUT2D eigenvalue weighted by Crippen LogP contribution is -2.43. The highest BCUT2D eigenvalue weighted by atomic mass is 16.5. The van der Waals surface area contributed by atoms with Crippen LogP contribution in [0.25, 0.3) is 11.3 Å². The van der Waals surface area contributed by atoms with E-state index in [9.17, 15) is 4.79 Å². The van der Waals surface area contributed by atoms with Gasteiger partial charge in [0, 0.05) is 11.0 Å². The maximum atomic E-state index is 11.2. The molecule has 1 aliphatic rings. The number of carbonyl (C=O) groups is 1. The van der Waals surface area contributed by atoms with E-state index in [1.54, 1.807) is 0 Å². The molecule has 0 radical (unpaired) electrons. The zero-order valence-electron chi connectivity index (χ0n) is 10.5. The van der Waals surface area contributed by atoms with Crippen LogP contribution in [0.5, 0.6) is 0 Å². The number of hydrogen-bond acceptors (Lipinski definition) is 4. The Morgan fingerprint density at radius 3 is 2.53 bits per heavy atom. The third kappa shape index (κ3) is 1.90. The topological polar surface area (TPSA) is 93.9 Å². The number of carbonyl (C=O) groups excluding carboxylic acids is 1. The Labute approximate surface area is 110 Å². The Kier molecular flexibility index (Phi) is 2.60. The molecule has 3 N–H and O–H groups in total. The van der Waals surface area contributed by atoms with E-state index < -0.39 is 5.91 Å². The summed E-state index contributed by atoms with van der Waals surface area (Å²) in [4.78, 5) is 11.2. The van der Waals surface area contributed by atoms with Crippen LogP contribution < -0.4 is 5.73 Å². The first-order chi connectivity index (χ1) is 9.10. The van der Waals surface area contributed by atoms with Gasteiger partial charge in [-0.2, -0.15) is 15.4 Å². The summed E-state index contributed by atoms with van der Waals surface area (Å²) >= 11 is 0. The van der Waals surface area contributed by atoms with E-state index in [0.29, 0.717) is 5.69 Å². The molecule has 6 nitrogen and oxygen atoms in total. The number of ether oxygens (including phenoxy) is 1. The standard InChI is InChI=1S/C13H14N4O2/c1-13(6-19-7-13)9-4-2-8(3-5-9)10-11(12(14)18)16-17-15-10/h2-5H,6-7H2,1H3,(H2,14,18)(H,15,16,17). The van der Waals surface area contributed by atoms with E-state index in [1.165, 1.54) is 5.56 Å². The van der Waals surface area contributed by atoms with Gasteiger partial charge in [0.25, 0.3) is 5.91 Å². The van der Waals surface area contributed by atoms with Gasteiger partial charge in [-0.1, -0.05) is 31.2 Å². The molecule has 1 aromatic heterocycles. The minimum absolute atomic E-state index is 0.0921. The van der Waals surface area contributed by atoms with Crippen molar-refractivity contribution < 1.29 is 9.53 Å². The molecule has 0 aliphatic carbocycles. The second kappa shape index (κ2) is 4.17. The maximum absolute atomic E-state index is 11.2. The first-order valence-electron chi connectivity index (χ1n) is 5.99. The highest BCUT2D eigenvalue weighted by Gasteiger charge is 2.35. The van der Waals surface area contributed by atoms with Crippen LogP contribution in [0.15, 0.2) is 24.3 Å². The Balaban J connectivity index is 1.94. The molecular weight excluding hydrogens is 244 g/mol. The number of benzene rings is 1. The molecule has 0 bridgehead atoms. The van der Waals surface area contributed by atoms with Gasteiger partial charge in [0.05, 0.1) is 13.2 Å². The molecule has 19 heavy (non-hydrogen) atoms. The molecule has 6 heteroatoms. The number of rotatable bonds is 3. The van der Waals surface area contributed by atoms with Gasteiger partial charge in [-0.15, -0.1) is 0 Å². The lowest BCUT2D eigenvalue weighted by Gasteiger charge is -2.38. The minimum Gasteiger partial charge on any atom is -0.379 e. The van der Waals surface area contributed by atoms with Crippen molar-refractivity contribution in [1.82, 2.24) is 15.4 Å². The lowest BCUT2D eigenvalue weighted by atomic mass is 9.80. The van der Waals surface area contributed by atoms with Crippen molar-refractivity contribution in [2.75, 3.05) is 13.2 Å². The molecule has 0 spiro atoms. The summed E-state index contributed by atoms with van der Waals surface area (Å²) in [5.74, 6) is -0.591. The number of H-pyrrole nitrogens is 1. The van der Waals surface area contributed by atoms with Crippen LogP contribution in [0, 0.1) is 0 Å². The molecule has 1 aliphatic heterocycles. The molecule has 1 fully saturated rings. The predicted molar refractivity (Wildman–Crippen MR) is 68.5 cm³/mol. The van der Waals surface area contributed by atoms with Crippen molar-refractivity contribution in [3.8, 4) is 11.3 Å². The monoisotopic (exact) mass is 258 g/mol. The third-order valence-electron chi connectivity index (χ3n) is 3.48. The molecule has 1 saturated heterocycles. The molecule has 3 rings (SSSR count). The minimum atomic E-state index is -0.591. The number of aromatic amines is 1. The fraction of sp³-hybridized carbons (Fsp3) is 0.308. The lowest BCUT2D eigenvalue weighted by molar-refractivity contribution is -0.0500. The van der Waals surface area contributed by atoms with Gasteiger partial charge in [0.2, 0.25) is 0 Å². The van der Waals surface area contributed by atoms with Gasteiger partial charge < -0.3 is 10.5 Å². The number of aromatic nitrogens is 3. The molecular formula is C13H14N4O2. The second-order valence-electron chi connectivity index (χ2n) is 5.02. The average molecular weight is 258 g/mol. The Hall–Kier alpha value is -2.21. The maximum Gasteiger partial charge on any atom is 0.271 e. The van der Waals surface area contributed by atoms with Crippen molar-refractivity contribution in [3.05, 3.63) is 35.5 Å². The number of amides is 1. The largest absolute Gasteiger partial charge is 0.379 e. The highest BCUT2D eigenvalue weighted by molar-refractivity contribution is 5.96. The van der Waals surface area contributed by atoms with Gasteiger partial charge in [-0.3, -0.25) is 4.79 Å². The molecule has 0 saturated carbocycles. The summed E-state index contributed by atoms with van der Waals surface area (Å²) in [7, 11) is 0. The van der Waals surface area contributed by atoms with Gasteiger partial charge in [0.15, 0.2) is 5.69 Å². The van der Waals surface area contributed by atoms with E-state index in [1.807, 2.05) is 24.3 Å². The predicted octanol–water partition coefficient (Wildman–Crippen LogP) is 0.859.